The summed E-state index contributed by atoms with van der Waals surface area (Å²) < 4.78 is 0. The standard InChI is InChI=1S/C25H19N3/c1-3-7-17(8-4-1)22-14-21-20-13-18-11-12-28(19-9-5-2-6-10-19)25(18)15-23(20)27-24(21)16-26-22/h1-10,13-16,27H,11-12H2. The molecule has 0 radical (unpaired) electrons. The molecule has 0 fully saturated rings. The van der Waals surface area contributed by atoms with Crippen LogP contribution in [-0.2, 0) is 6.42 Å². The number of benzene rings is 3. The van der Waals surface area contributed by atoms with Crippen LogP contribution in [0.3, 0.4) is 0 Å². The van der Waals surface area contributed by atoms with Crippen LogP contribution in [0.15, 0.2) is 85.1 Å². The lowest BCUT2D eigenvalue weighted by molar-refractivity contribution is 0.999. The molecule has 3 nitrogen and oxygen atoms in total. The molecule has 0 saturated heterocycles. The largest absolute Gasteiger partial charge is 0.353 e. The Balaban J connectivity index is 1.52. The molecular formula is C25H19N3. The van der Waals surface area contributed by atoms with E-state index in [0.717, 1.165) is 29.7 Å². The minimum absolute atomic E-state index is 1.01. The van der Waals surface area contributed by atoms with Crippen molar-refractivity contribution in [1.82, 2.24) is 9.97 Å². The number of nitrogens with zero attached hydrogens (tertiary/aromatic N) is 2. The van der Waals surface area contributed by atoms with Crippen LogP contribution >= 0.6 is 0 Å². The number of hydrogen-bond acceptors (Lipinski definition) is 2. The number of hydrogen-bond donors (Lipinski definition) is 1. The summed E-state index contributed by atoms with van der Waals surface area (Å²) in [6.45, 7) is 1.03. The Kier molecular flexibility index (Phi) is 3.29. The molecule has 2 aromatic heterocycles. The predicted octanol–water partition coefficient (Wildman–Crippen LogP) is 6.08. The maximum absolute atomic E-state index is 4.67. The van der Waals surface area contributed by atoms with Gasteiger partial charge in [0.15, 0.2) is 0 Å². The molecule has 0 bridgehead atoms. The molecule has 3 heterocycles. The van der Waals surface area contributed by atoms with Gasteiger partial charge in [-0.25, -0.2) is 0 Å². The molecule has 134 valence electrons. The minimum Gasteiger partial charge on any atom is -0.353 e. The molecule has 1 N–H and O–H groups in total. The molecule has 1 aliphatic rings. The Morgan fingerprint density at radius 1 is 0.786 bits per heavy atom. The molecule has 3 heteroatoms. The van der Waals surface area contributed by atoms with Gasteiger partial charge in [-0.15, -0.1) is 0 Å². The average molecular weight is 361 g/mol. The number of rotatable bonds is 2. The second-order valence-electron chi connectivity index (χ2n) is 7.37. The van der Waals surface area contributed by atoms with Gasteiger partial charge in [-0.05, 0) is 42.3 Å². The van der Waals surface area contributed by atoms with Crippen LogP contribution in [0.5, 0.6) is 0 Å². The van der Waals surface area contributed by atoms with E-state index in [2.05, 4.69) is 87.7 Å². The lowest BCUT2D eigenvalue weighted by atomic mass is 10.1. The maximum Gasteiger partial charge on any atom is 0.0709 e. The first kappa shape index (κ1) is 15.5. The number of aromatic nitrogens is 2. The van der Waals surface area contributed by atoms with E-state index in [4.69, 9.17) is 0 Å². The molecule has 0 spiro atoms. The van der Waals surface area contributed by atoms with Gasteiger partial charge in [0, 0.05) is 39.8 Å². The van der Waals surface area contributed by atoms with Crippen molar-refractivity contribution in [3.8, 4) is 11.3 Å². The number of anilines is 2. The number of pyridine rings is 1. The molecular weight excluding hydrogens is 342 g/mol. The topological polar surface area (TPSA) is 31.9 Å². The zero-order valence-electron chi connectivity index (χ0n) is 15.4. The smallest absolute Gasteiger partial charge is 0.0709 e. The molecule has 1 aliphatic heterocycles. The van der Waals surface area contributed by atoms with E-state index in [1.54, 1.807) is 0 Å². The van der Waals surface area contributed by atoms with Crippen LogP contribution in [0, 0.1) is 0 Å². The zero-order valence-corrected chi connectivity index (χ0v) is 15.4. The third-order valence-electron chi connectivity index (χ3n) is 5.72. The Bertz CT molecular complexity index is 1300. The van der Waals surface area contributed by atoms with Crippen LogP contribution in [0.2, 0.25) is 0 Å². The third-order valence-corrected chi connectivity index (χ3v) is 5.72. The van der Waals surface area contributed by atoms with E-state index < -0.39 is 0 Å². The van der Waals surface area contributed by atoms with Gasteiger partial charge in [-0.3, -0.25) is 4.98 Å². The Hall–Kier alpha value is -3.59. The summed E-state index contributed by atoms with van der Waals surface area (Å²) in [4.78, 5) is 10.7. The zero-order chi connectivity index (χ0) is 18.5. The van der Waals surface area contributed by atoms with Crippen molar-refractivity contribution in [2.75, 3.05) is 11.4 Å². The van der Waals surface area contributed by atoms with Gasteiger partial charge >= 0.3 is 0 Å². The van der Waals surface area contributed by atoms with Crippen molar-refractivity contribution in [1.29, 1.82) is 0 Å². The highest BCUT2D eigenvalue weighted by Gasteiger charge is 2.22. The quantitative estimate of drug-likeness (QED) is 0.413. The fourth-order valence-corrected chi connectivity index (χ4v) is 4.33. The highest BCUT2D eigenvalue weighted by Crippen LogP contribution is 2.39. The van der Waals surface area contributed by atoms with E-state index in [0.29, 0.717) is 0 Å². The molecule has 5 aromatic rings. The molecule has 6 rings (SSSR count). The summed E-state index contributed by atoms with van der Waals surface area (Å²) in [6.07, 6.45) is 3.03. The first-order chi connectivity index (χ1) is 13.9. The molecule has 0 amide bonds. The lowest BCUT2D eigenvalue weighted by Gasteiger charge is -2.19. The number of para-hydroxylation sites is 1. The predicted molar refractivity (Wildman–Crippen MR) is 116 cm³/mol. The Morgan fingerprint density at radius 3 is 2.36 bits per heavy atom. The first-order valence-corrected chi connectivity index (χ1v) is 9.69. The van der Waals surface area contributed by atoms with Gasteiger partial charge in [0.25, 0.3) is 0 Å². The number of nitrogens with one attached hydrogen (secondary N) is 1. The number of H-pyrrole nitrogens is 1. The first-order valence-electron chi connectivity index (χ1n) is 9.69. The van der Waals surface area contributed by atoms with Gasteiger partial charge in [0.05, 0.1) is 17.4 Å². The van der Waals surface area contributed by atoms with E-state index in [-0.39, 0.29) is 0 Å². The molecule has 3 aromatic carbocycles. The average Bonchev–Trinajstić information content (AvgIpc) is 3.33. The fourth-order valence-electron chi connectivity index (χ4n) is 4.33. The normalized spacial score (nSPS) is 13.4. The Labute approximate surface area is 163 Å². The monoisotopic (exact) mass is 361 g/mol. The second kappa shape index (κ2) is 5.96. The second-order valence-corrected chi connectivity index (χ2v) is 7.37. The van der Waals surface area contributed by atoms with E-state index in [1.807, 2.05) is 12.3 Å². The van der Waals surface area contributed by atoms with Crippen molar-refractivity contribution in [3.63, 3.8) is 0 Å². The molecule has 0 atom stereocenters. The van der Waals surface area contributed by atoms with Crippen molar-refractivity contribution in [2.45, 2.75) is 6.42 Å². The van der Waals surface area contributed by atoms with Gasteiger partial charge in [0.1, 0.15) is 0 Å². The highest BCUT2D eigenvalue weighted by molar-refractivity contribution is 6.09. The van der Waals surface area contributed by atoms with Crippen LogP contribution < -0.4 is 4.90 Å². The molecule has 28 heavy (non-hydrogen) atoms. The third kappa shape index (κ3) is 2.33. The highest BCUT2D eigenvalue weighted by atomic mass is 15.2. The van der Waals surface area contributed by atoms with Crippen LogP contribution in [-0.4, -0.2) is 16.5 Å². The number of fused-ring (bicyclic) bond motifs is 4. The molecule has 0 unspecified atom stereocenters. The van der Waals surface area contributed by atoms with Gasteiger partial charge in [-0.1, -0.05) is 48.5 Å². The van der Waals surface area contributed by atoms with Gasteiger partial charge < -0.3 is 9.88 Å². The summed E-state index contributed by atoms with van der Waals surface area (Å²) in [5.74, 6) is 0. The van der Waals surface area contributed by atoms with Crippen LogP contribution in [0.1, 0.15) is 5.56 Å². The van der Waals surface area contributed by atoms with Crippen molar-refractivity contribution in [3.05, 3.63) is 90.6 Å². The summed E-state index contributed by atoms with van der Waals surface area (Å²) >= 11 is 0. The van der Waals surface area contributed by atoms with Crippen LogP contribution in [0.25, 0.3) is 33.1 Å². The summed E-state index contributed by atoms with van der Waals surface area (Å²) in [7, 11) is 0. The number of aromatic amines is 1. The SMILES string of the molecule is c1ccc(-c2cc3c(cn2)[nH]c2cc4c(cc23)CCN4c2ccccc2)cc1. The fraction of sp³-hybridized carbons (Fsp3) is 0.0800. The van der Waals surface area contributed by atoms with Crippen LogP contribution in [0.4, 0.5) is 11.4 Å². The lowest BCUT2D eigenvalue weighted by Crippen LogP contribution is -2.12. The molecule has 0 aliphatic carbocycles. The maximum atomic E-state index is 4.67. The van der Waals surface area contributed by atoms with E-state index in [1.165, 1.54) is 33.2 Å². The van der Waals surface area contributed by atoms with E-state index in [9.17, 15) is 0 Å². The minimum atomic E-state index is 1.01. The molecule has 0 saturated carbocycles. The van der Waals surface area contributed by atoms with Gasteiger partial charge in [-0.2, -0.15) is 0 Å². The summed E-state index contributed by atoms with van der Waals surface area (Å²) in [6, 6.07) is 27.9. The summed E-state index contributed by atoms with van der Waals surface area (Å²) in [5.41, 5.74) is 8.39. The summed E-state index contributed by atoms with van der Waals surface area (Å²) in [5, 5.41) is 2.52. The van der Waals surface area contributed by atoms with Crippen molar-refractivity contribution in [2.24, 2.45) is 0 Å². The van der Waals surface area contributed by atoms with Crippen molar-refractivity contribution < 1.29 is 0 Å². The Morgan fingerprint density at radius 2 is 1.54 bits per heavy atom. The van der Waals surface area contributed by atoms with Gasteiger partial charge in [0.2, 0.25) is 0 Å². The van der Waals surface area contributed by atoms with E-state index >= 15 is 0 Å². The van der Waals surface area contributed by atoms with Crippen molar-refractivity contribution >= 4 is 33.2 Å².